The van der Waals surface area contributed by atoms with Crippen LogP contribution in [-0.4, -0.2) is 6.54 Å². The number of hydrogen-bond donors (Lipinski definition) is 1. The second-order valence-electron chi connectivity index (χ2n) is 4.41. The Morgan fingerprint density at radius 2 is 1.94 bits per heavy atom. The van der Waals surface area contributed by atoms with E-state index in [4.69, 9.17) is 0 Å². The van der Waals surface area contributed by atoms with Gasteiger partial charge in [-0.25, -0.2) is 4.39 Å². The summed E-state index contributed by atoms with van der Waals surface area (Å²) in [5.41, 5.74) is 1.88. The normalized spacial score (nSPS) is 11.1. The molecule has 0 atom stereocenters. The van der Waals surface area contributed by atoms with Gasteiger partial charge in [0, 0.05) is 12.1 Å². The second-order valence-corrected chi connectivity index (χ2v) is 4.41. The van der Waals surface area contributed by atoms with Crippen molar-refractivity contribution in [1.82, 2.24) is 5.32 Å². The van der Waals surface area contributed by atoms with Gasteiger partial charge in [0.15, 0.2) is 0 Å². The van der Waals surface area contributed by atoms with Crippen LogP contribution in [0.1, 0.15) is 37.8 Å². The molecule has 1 rings (SSSR count). The maximum atomic E-state index is 13.4. The highest BCUT2D eigenvalue weighted by molar-refractivity contribution is 5.23. The Bertz CT molecular complexity index is 319. The van der Waals surface area contributed by atoms with Gasteiger partial charge >= 0.3 is 0 Å². The van der Waals surface area contributed by atoms with Gasteiger partial charge in [-0.3, -0.25) is 0 Å². The molecule has 1 aromatic rings. The number of aryl methyl sites for hydroxylation is 1. The zero-order valence-corrected chi connectivity index (χ0v) is 10.5. The number of rotatable bonds is 6. The molecule has 0 aliphatic heterocycles. The number of benzene rings is 1. The van der Waals surface area contributed by atoms with E-state index in [1.54, 1.807) is 12.1 Å². The summed E-state index contributed by atoms with van der Waals surface area (Å²) in [5.74, 6) is 0.593. The third-order valence-corrected chi connectivity index (χ3v) is 3.10. The maximum absolute atomic E-state index is 13.4. The van der Waals surface area contributed by atoms with Crippen molar-refractivity contribution in [1.29, 1.82) is 0 Å². The Labute approximate surface area is 98.1 Å². The summed E-state index contributed by atoms with van der Waals surface area (Å²) in [4.78, 5) is 0. The molecule has 0 aromatic heterocycles. The van der Waals surface area contributed by atoms with E-state index >= 15 is 0 Å². The van der Waals surface area contributed by atoms with Crippen LogP contribution in [0.3, 0.4) is 0 Å². The fourth-order valence-corrected chi connectivity index (χ4v) is 1.83. The number of nitrogens with one attached hydrogen (secondary N) is 1. The molecule has 1 nitrogen and oxygen atoms in total. The van der Waals surface area contributed by atoms with Gasteiger partial charge < -0.3 is 5.32 Å². The largest absolute Gasteiger partial charge is 0.312 e. The first kappa shape index (κ1) is 13.2. The Hall–Kier alpha value is -0.890. The summed E-state index contributed by atoms with van der Waals surface area (Å²) in [6.45, 7) is 7.99. The van der Waals surface area contributed by atoms with E-state index in [1.807, 2.05) is 13.0 Å². The van der Waals surface area contributed by atoms with E-state index in [1.165, 1.54) is 12.8 Å². The third kappa shape index (κ3) is 3.93. The Kier molecular flexibility index (Phi) is 5.47. The van der Waals surface area contributed by atoms with Crippen LogP contribution in [-0.2, 0) is 6.54 Å². The first-order valence-electron chi connectivity index (χ1n) is 6.13. The monoisotopic (exact) mass is 223 g/mol. The van der Waals surface area contributed by atoms with Crippen molar-refractivity contribution >= 4 is 0 Å². The van der Waals surface area contributed by atoms with Gasteiger partial charge in [-0.1, -0.05) is 44.4 Å². The second kappa shape index (κ2) is 6.64. The predicted octanol–water partition coefficient (Wildman–Crippen LogP) is 3.66. The van der Waals surface area contributed by atoms with Crippen LogP contribution in [0.25, 0.3) is 0 Å². The Morgan fingerprint density at radius 3 is 2.56 bits per heavy atom. The zero-order valence-electron chi connectivity index (χ0n) is 10.5. The van der Waals surface area contributed by atoms with Crippen LogP contribution in [0.5, 0.6) is 0 Å². The average Bonchev–Trinajstić information content (AvgIpc) is 2.29. The SMILES string of the molecule is CCC(CC)CNCc1cc(C)ccc1F. The molecule has 0 spiro atoms. The highest BCUT2D eigenvalue weighted by Gasteiger charge is 2.05. The molecule has 0 heterocycles. The lowest BCUT2D eigenvalue weighted by molar-refractivity contribution is 0.446. The summed E-state index contributed by atoms with van der Waals surface area (Å²) in [7, 11) is 0. The van der Waals surface area contributed by atoms with Gasteiger partial charge in [-0.05, 0) is 25.5 Å². The van der Waals surface area contributed by atoms with Gasteiger partial charge in [0.05, 0.1) is 0 Å². The van der Waals surface area contributed by atoms with Crippen LogP contribution >= 0.6 is 0 Å². The molecule has 0 saturated carbocycles. The third-order valence-electron chi connectivity index (χ3n) is 3.10. The van der Waals surface area contributed by atoms with Crippen LogP contribution in [0.4, 0.5) is 4.39 Å². The molecular formula is C14H22FN. The lowest BCUT2D eigenvalue weighted by Crippen LogP contribution is -2.22. The molecule has 16 heavy (non-hydrogen) atoms. The molecule has 0 radical (unpaired) electrons. The van der Waals surface area contributed by atoms with E-state index in [0.717, 1.165) is 17.7 Å². The predicted molar refractivity (Wildman–Crippen MR) is 66.9 cm³/mol. The smallest absolute Gasteiger partial charge is 0.127 e. The quantitative estimate of drug-likeness (QED) is 0.776. The Balaban J connectivity index is 2.45. The van der Waals surface area contributed by atoms with Crippen molar-refractivity contribution in [2.24, 2.45) is 5.92 Å². The summed E-state index contributed by atoms with van der Waals surface area (Å²) in [5, 5.41) is 3.33. The van der Waals surface area contributed by atoms with Gasteiger partial charge in [0.1, 0.15) is 5.82 Å². The Morgan fingerprint density at radius 1 is 1.25 bits per heavy atom. The minimum atomic E-state index is -0.109. The minimum Gasteiger partial charge on any atom is -0.312 e. The summed E-state index contributed by atoms with van der Waals surface area (Å²) < 4.78 is 13.4. The molecule has 0 amide bonds. The number of halogens is 1. The fraction of sp³-hybridized carbons (Fsp3) is 0.571. The molecule has 1 N–H and O–H groups in total. The van der Waals surface area contributed by atoms with Gasteiger partial charge in [-0.2, -0.15) is 0 Å². The zero-order chi connectivity index (χ0) is 12.0. The minimum absolute atomic E-state index is 0.109. The molecule has 0 unspecified atom stereocenters. The van der Waals surface area contributed by atoms with Crippen molar-refractivity contribution in [3.63, 3.8) is 0 Å². The highest BCUT2D eigenvalue weighted by Crippen LogP contribution is 2.10. The molecule has 90 valence electrons. The van der Waals surface area contributed by atoms with Crippen LogP contribution in [0.2, 0.25) is 0 Å². The molecule has 0 saturated heterocycles. The first-order chi connectivity index (χ1) is 7.67. The lowest BCUT2D eigenvalue weighted by Gasteiger charge is -2.13. The highest BCUT2D eigenvalue weighted by atomic mass is 19.1. The van der Waals surface area contributed by atoms with Crippen molar-refractivity contribution in [2.75, 3.05) is 6.54 Å². The standard InChI is InChI=1S/C14H22FN/c1-4-12(5-2)9-16-10-13-8-11(3)6-7-14(13)15/h6-8,12,16H,4-5,9-10H2,1-3H3. The van der Waals surface area contributed by atoms with Crippen LogP contribution in [0.15, 0.2) is 18.2 Å². The number of hydrogen-bond acceptors (Lipinski definition) is 1. The van der Waals surface area contributed by atoms with Crippen LogP contribution < -0.4 is 5.32 Å². The van der Waals surface area contributed by atoms with E-state index < -0.39 is 0 Å². The maximum Gasteiger partial charge on any atom is 0.127 e. The van der Waals surface area contributed by atoms with Crippen molar-refractivity contribution in [2.45, 2.75) is 40.2 Å². The van der Waals surface area contributed by atoms with E-state index in [0.29, 0.717) is 12.5 Å². The lowest BCUT2D eigenvalue weighted by atomic mass is 10.0. The summed E-state index contributed by atoms with van der Waals surface area (Å²) >= 11 is 0. The van der Waals surface area contributed by atoms with Crippen molar-refractivity contribution in [3.05, 3.63) is 35.1 Å². The van der Waals surface area contributed by atoms with Crippen LogP contribution in [0, 0.1) is 18.7 Å². The molecule has 2 heteroatoms. The van der Waals surface area contributed by atoms with Gasteiger partial charge in [-0.15, -0.1) is 0 Å². The molecular weight excluding hydrogens is 201 g/mol. The summed E-state index contributed by atoms with van der Waals surface area (Å²) in [6.07, 6.45) is 2.36. The van der Waals surface area contributed by atoms with Gasteiger partial charge in [0.2, 0.25) is 0 Å². The van der Waals surface area contributed by atoms with Crippen molar-refractivity contribution < 1.29 is 4.39 Å². The van der Waals surface area contributed by atoms with Crippen molar-refractivity contribution in [3.8, 4) is 0 Å². The molecule has 0 aliphatic rings. The topological polar surface area (TPSA) is 12.0 Å². The molecule has 1 aromatic carbocycles. The molecule has 0 fully saturated rings. The van der Waals surface area contributed by atoms with E-state index in [9.17, 15) is 4.39 Å². The van der Waals surface area contributed by atoms with E-state index in [-0.39, 0.29) is 5.82 Å². The molecule has 0 aliphatic carbocycles. The first-order valence-corrected chi connectivity index (χ1v) is 6.13. The van der Waals surface area contributed by atoms with E-state index in [2.05, 4.69) is 19.2 Å². The summed E-state index contributed by atoms with van der Waals surface area (Å²) in [6, 6.07) is 5.26. The fourth-order valence-electron chi connectivity index (χ4n) is 1.83. The van der Waals surface area contributed by atoms with Gasteiger partial charge in [0.25, 0.3) is 0 Å². The average molecular weight is 223 g/mol. The molecule has 0 bridgehead atoms.